The van der Waals surface area contributed by atoms with Crippen LogP contribution in [-0.4, -0.2) is 77.6 Å². The first-order valence-corrected chi connectivity index (χ1v) is 8.27. The van der Waals surface area contributed by atoms with Crippen LogP contribution in [0.1, 0.15) is 13.8 Å². The molecular formula is C16H29N5O2. The molecule has 0 radical (unpaired) electrons. The van der Waals surface area contributed by atoms with Crippen molar-refractivity contribution in [3.8, 4) is 0 Å². The number of anilines is 2. The van der Waals surface area contributed by atoms with Crippen LogP contribution in [0, 0.1) is 11.8 Å². The number of aliphatic hydroxyl groups excluding tert-OH is 2. The molecule has 0 amide bonds. The first kappa shape index (κ1) is 17.9. The molecule has 130 valence electrons. The molecular weight excluding hydrogens is 294 g/mol. The molecule has 0 saturated carbocycles. The van der Waals surface area contributed by atoms with E-state index in [0.717, 1.165) is 31.3 Å². The summed E-state index contributed by atoms with van der Waals surface area (Å²) in [6.45, 7) is 7.67. The second kappa shape index (κ2) is 8.42. The zero-order valence-corrected chi connectivity index (χ0v) is 14.3. The van der Waals surface area contributed by atoms with Crippen molar-refractivity contribution in [2.75, 3.05) is 56.7 Å². The molecule has 1 fully saturated rings. The second-order valence-corrected chi connectivity index (χ2v) is 6.65. The van der Waals surface area contributed by atoms with Crippen LogP contribution < -0.4 is 10.2 Å². The summed E-state index contributed by atoms with van der Waals surface area (Å²) in [7, 11) is 2.00. The van der Waals surface area contributed by atoms with Gasteiger partial charge < -0.3 is 25.3 Å². The molecule has 1 aromatic heterocycles. The van der Waals surface area contributed by atoms with E-state index in [1.165, 1.54) is 0 Å². The molecule has 0 unspecified atom stereocenters. The molecule has 3 N–H and O–H groups in total. The summed E-state index contributed by atoms with van der Waals surface area (Å²) in [5.74, 6) is 2.32. The molecule has 0 spiro atoms. The van der Waals surface area contributed by atoms with Crippen LogP contribution in [-0.2, 0) is 0 Å². The molecule has 2 rings (SSSR count). The predicted octanol–water partition coefficient (Wildman–Crippen LogP) is 0.266. The van der Waals surface area contributed by atoms with Gasteiger partial charge in [-0.1, -0.05) is 0 Å². The predicted molar refractivity (Wildman–Crippen MR) is 91.7 cm³/mol. The number of rotatable bonds is 8. The summed E-state index contributed by atoms with van der Waals surface area (Å²) in [4.78, 5) is 13.0. The minimum absolute atomic E-state index is 0.160. The summed E-state index contributed by atoms with van der Waals surface area (Å²) in [6, 6.07) is 2.29. The zero-order chi connectivity index (χ0) is 16.8. The van der Waals surface area contributed by atoms with Crippen LogP contribution >= 0.6 is 0 Å². The van der Waals surface area contributed by atoms with E-state index in [0.29, 0.717) is 18.5 Å². The molecule has 0 bridgehead atoms. The van der Waals surface area contributed by atoms with Gasteiger partial charge in [0.25, 0.3) is 0 Å². The lowest BCUT2D eigenvalue weighted by Crippen LogP contribution is -2.33. The van der Waals surface area contributed by atoms with Crippen LogP contribution in [0.15, 0.2) is 12.4 Å². The smallest absolute Gasteiger partial charge is 0.134 e. The fourth-order valence-corrected chi connectivity index (χ4v) is 3.10. The van der Waals surface area contributed by atoms with Crippen LogP contribution in [0.4, 0.5) is 11.6 Å². The maximum atomic E-state index is 9.68. The van der Waals surface area contributed by atoms with Gasteiger partial charge in [-0.05, 0) is 26.8 Å². The van der Waals surface area contributed by atoms with Gasteiger partial charge in [0.2, 0.25) is 0 Å². The molecule has 0 aromatic carbocycles. The van der Waals surface area contributed by atoms with E-state index in [4.69, 9.17) is 5.11 Å². The van der Waals surface area contributed by atoms with E-state index in [1.807, 2.05) is 13.1 Å². The van der Waals surface area contributed by atoms with Gasteiger partial charge >= 0.3 is 0 Å². The third kappa shape index (κ3) is 5.02. The van der Waals surface area contributed by atoms with Crippen molar-refractivity contribution in [2.45, 2.75) is 19.9 Å². The Morgan fingerprint density at radius 2 is 2.04 bits per heavy atom. The molecule has 1 aliphatic heterocycles. The quantitative estimate of drug-likeness (QED) is 0.633. The van der Waals surface area contributed by atoms with Gasteiger partial charge in [0, 0.05) is 50.8 Å². The highest BCUT2D eigenvalue weighted by atomic mass is 16.3. The van der Waals surface area contributed by atoms with E-state index >= 15 is 0 Å². The van der Waals surface area contributed by atoms with Crippen LogP contribution in [0.5, 0.6) is 0 Å². The maximum absolute atomic E-state index is 9.68. The van der Waals surface area contributed by atoms with E-state index in [1.54, 1.807) is 6.33 Å². The zero-order valence-electron chi connectivity index (χ0n) is 14.3. The largest absolute Gasteiger partial charge is 0.396 e. The molecule has 1 saturated heterocycles. The lowest BCUT2D eigenvalue weighted by Gasteiger charge is -2.23. The van der Waals surface area contributed by atoms with Crippen LogP contribution in [0.2, 0.25) is 0 Å². The average Bonchev–Trinajstić information content (AvgIpc) is 2.90. The molecule has 2 heterocycles. The number of likely N-dealkylation sites (N-methyl/N-ethyl adjacent to an activating group) is 1. The van der Waals surface area contributed by atoms with Crippen molar-refractivity contribution >= 4 is 11.6 Å². The second-order valence-electron chi connectivity index (χ2n) is 6.65. The summed E-state index contributed by atoms with van der Waals surface area (Å²) in [5.41, 5.74) is 0. The van der Waals surface area contributed by atoms with E-state index < -0.39 is 0 Å². The Hall–Kier alpha value is -1.44. The molecule has 0 aliphatic carbocycles. The molecule has 1 aliphatic rings. The Morgan fingerprint density at radius 3 is 2.70 bits per heavy atom. The minimum Gasteiger partial charge on any atom is -0.396 e. The Bertz CT molecular complexity index is 485. The van der Waals surface area contributed by atoms with Crippen molar-refractivity contribution in [3.63, 3.8) is 0 Å². The standard InChI is InChI=1S/C16H29N5O2/c1-12(2)19-15-6-16(18-11-17-15)21-8-13(14(9-21)10-23)7-20(3)4-5-22/h6,11-14,22-23H,4-5,7-10H2,1-3H3,(H,17,18,19)/t13-,14-/m1/s1. The third-order valence-electron chi connectivity index (χ3n) is 4.25. The Balaban J connectivity index is 2.03. The first-order chi connectivity index (χ1) is 11.0. The first-order valence-electron chi connectivity index (χ1n) is 8.27. The van der Waals surface area contributed by atoms with Crippen LogP contribution in [0.3, 0.4) is 0 Å². The summed E-state index contributed by atoms with van der Waals surface area (Å²) >= 11 is 0. The topological polar surface area (TPSA) is 84.8 Å². The van der Waals surface area contributed by atoms with E-state index in [-0.39, 0.29) is 19.1 Å². The molecule has 7 nitrogen and oxygen atoms in total. The van der Waals surface area contributed by atoms with Crippen molar-refractivity contribution in [1.29, 1.82) is 0 Å². The van der Waals surface area contributed by atoms with Gasteiger partial charge in [-0.15, -0.1) is 0 Å². The fourth-order valence-electron chi connectivity index (χ4n) is 3.10. The van der Waals surface area contributed by atoms with Crippen molar-refractivity contribution in [1.82, 2.24) is 14.9 Å². The van der Waals surface area contributed by atoms with Crippen molar-refractivity contribution in [2.24, 2.45) is 11.8 Å². The third-order valence-corrected chi connectivity index (χ3v) is 4.25. The fraction of sp³-hybridized carbons (Fsp3) is 0.750. The van der Waals surface area contributed by atoms with Gasteiger partial charge in [-0.2, -0.15) is 0 Å². The Morgan fingerprint density at radius 1 is 1.30 bits per heavy atom. The summed E-state index contributed by atoms with van der Waals surface area (Å²) in [6.07, 6.45) is 1.58. The Kier molecular flexibility index (Phi) is 6.56. The van der Waals surface area contributed by atoms with Gasteiger partial charge in [0.05, 0.1) is 6.61 Å². The molecule has 23 heavy (non-hydrogen) atoms. The summed E-state index contributed by atoms with van der Waals surface area (Å²) in [5, 5.41) is 22.0. The molecule has 1 aromatic rings. The lowest BCUT2D eigenvalue weighted by molar-refractivity contribution is 0.160. The van der Waals surface area contributed by atoms with Gasteiger partial charge in [-0.3, -0.25) is 0 Å². The normalized spacial score (nSPS) is 21.4. The van der Waals surface area contributed by atoms with Gasteiger partial charge in [-0.25, -0.2) is 9.97 Å². The number of aliphatic hydroxyl groups is 2. The number of hydrogen-bond acceptors (Lipinski definition) is 7. The minimum atomic E-state index is 0.160. The molecule has 7 heteroatoms. The highest BCUT2D eigenvalue weighted by molar-refractivity contribution is 5.49. The van der Waals surface area contributed by atoms with Crippen molar-refractivity contribution < 1.29 is 10.2 Å². The number of nitrogens with zero attached hydrogens (tertiary/aromatic N) is 4. The SMILES string of the molecule is CC(C)Nc1cc(N2C[C@@H](CN(C)CCO)[C@@H](CO)C2)ncn1. The highest BCUT2D eigenvalue weighted by Crippen LogP contribution is 2.28. The van der Waals surface area contributed by atoms with E-state index in [2.05, 4.69) is 38.9 Å². The van der Waals surface area contributed by atoms with Gasteiger partial charge in [0.1, 0.15) is 18.0 Å². The monoisotopic (exact) mass is 323 g/mol. The Labute approximate surface area is 138 Å². The number of hydrogen-bond donors (Lipinski definition) is 3. The lowest BCUT2D eigenvalue weighted by atomic mass is 9.96. The van der Waals surface area contributed by atoms with E-state index in [9.17, 15) is 5.11 Å². The number of aromatic nitrogens is 2. The average molecular weight is 323 g/mol. The summed E-state index contributed by atoms with van der Waals surface area (Å²) < 4.78 is 0. The number of nitrogens with one attached hydrogen (secondary N) is 1. The van der Waals surface area contributed by atoms with Gasteiger partial charge in [0.15, 0.2) is 0 Å². The van der Waals surface area contributed by atoms with Crippen LogP contribution in [0.25, 0.3) is 0 Å². The molecule has 2 atom stereocenters. The maximum Gasteiger partial charge on any atom is 0.134 e. The highest BCUT2D eigenvalue weighted by Gasteiger charge is 2.33. The van der Waals surface area contributed by atoms with Crippen molar-refractivity contribution in [3.05, 3.63) is 12.4 Å².